The molecule has 88 valence electrons. The monoisotopic (exact) mass is 243 g/mol. The average molecular weight is 243 g/mol. The molecule has 2 unspecified atom stereocenters. The number of nitrogens with one attached hydrogen (secondary N) is 1. The van der Waals surface area contributed by atoms with E-state index in [-0.39, 0.29) is 6.04 Å². The summed E-state index contributed by atoms with van der Waals surface area (Å²) in [5.41, 5.74) is 0.540. The molecule has 1 aromatic carbocycles. The number of thioether (sulfide) groups is 1. The van der Waals surface area contributed by atoms with Gasteiger partial charge in [-0.15, -0.1) is 0 Å². The molecule has 1 nitrogen and oxygen atoms in total. The molecule has 1 aliphatic rings. The standard InChI is InChI=1S/C12H15F2NS/c1-8(15-10-4-5-16-7-10)11-3-2-9(13)6-12(11)14/h2-3,6,8,10,15H,4-5,7H2,1H3. The van der Waals surface area contributed by atoms with Crippen molar-refractivity contribution < 1.29 is 8.78 Å². The van der Waals surface area contributed by atoms with Crippen LogP contribution >= 0.6 is 11.8 Å². The van der Waals surface area contributed by atoms with E-state index in [0.29, 0.717) is 11.6 Å². The lowest BCUT2D eigenvalue weighted by Gasteiger charge is -2.19. The van der Waals surface area contributed by atoms with Crippen LogP contribution in [-0.2, 0) is 0 Å². The lowest BCUT2D eigenvalue weighted by Crippen LogP contribution is -2.31. The van der Waals surface area contributed by atoms with Gasteiger partial charge in [0.15, 0.2) is 0 Å². The zero-order valence-electron chi connectivity index (χ0n) is 9.17. The molecular weight excluding hydrogens is 228 g/mol. The van der Waals surface area contributed by atoms with Crippen molar-refractivity contribution in [2.45, 2.75) is 25.4 Å². The second-order valence-corrected chi connectivity index (χ2v) is 5.26. The molecule has 1 fully saturated rings. The van der Waals surface area contributed by atoms with E-state index in [4.69, 9.17) is 0 Å². The van der Waals surface area contributed by atoms with Crippen LogP contribution in [0.1, 0.15) is 24.9 Å². The molecule has 0 aliphatic carbocycles. The van der Waals surface area contributed by atoms with Gasteiger partial charge in [-0.3, -0.25) is 0 Å². The first-order valence-electron chi connectivity index (χ1n) is 5.45. The molecule has 16 heavy (non-hydrogen) atoms. The van der Waals surface area contributed by atoms with Crippen molar-refractivity contribution in [1.82, 2.24) is 5.32 Å². The summed E-state index contributed by atoms with van der Waals surface area (Å²) < 4.78 is 26.2. The third kappa shape index (κ3) is 2.74. The van der Waals surface area contributed by atoms with E-state index in [2.05, 4.69) is 5.32 Å². The lowest BCUT2D eigenvalue weighted by molar-refractivity contribution is 0.465. The molecule has 1 saturated heterocycles. The molecule has 2 rings (SSSR count). The first-order valence-corrected chi connectivity index (χ1v) is 6.61. The fourth-order valence-electron chi connectivity index (χ4n) is 1.96. The van der Waals surface area contributed by atoms with Gasteiger partial charge in [0, 0.05) is 29.5 Å². The van der Waals surface area contributed by atoms with Gasteiger partial charge in [0.25, 0.3) is 0 Å². The van der Waals surface area contributed by atoms with Crippen LogP contribution in [0.4, 0.5) is 8.78 Å². The fourth-order valence-corrected chi connectivity index (χ4v) is 3.13. The predicted octanol–water partition coefficient (Wildman–Crippen LogP) is 3.12. The Kier molecular flexibility index (Phi) is 3.82. The highest BCUT2D eigenvalue weighted by molar-refractivity contribution is 7.99. The van der Waals surface area contributed by atoms with Crippen LogP contribution in [0, 0.1) is 11.6 Å². The van der Waals surface area contributed by atoms with Crippen molar-refractivity contribution >= 4 is 11.8 Å². The van der Waals surface area contributed by atoms with Crippen molar-refractivity contribution in [2.24, 2.45) is 0 Å². The smallest absolute Gasteiger partial charge is 0.130 e. The molecule has 0 spiro atoms. The summed E-state index contributed by atoms with van der Waals surface area (Å²) in [6, 6.07) is 4.15. The van der Waals surface area contributed by atoms with E-state index in [9.17, 15) is 8.78 Å². The van der Waals surface area contributed by atoms with Crippen LogP contribution in [0.15, 0.2) is 18.2 Å². The summed E-state index contributed by atoms with van der Waals surface area (Å²) in [6.45, 7) is 1.92. The summed E-state index contributed by atoms with van der Waals surface area (Å²) in [6.07, 6.45) is 1.12. The van der Waals surface area contributed by atoms with Gasteiger partial charge in [-0.1, -0.05) is 6.07 Å². The van der Waals surface area contributed by atoms with Crippen molar-refractivity contribution in [3.8, 4) is 0 Å². The summed E-state index contributed by atoms with van der Waals surface area (Å²) in [5.74, 6) is 1.25. The first-order chi connectivity index (χ1) is 7.66. The Morgan fingerprint density at radius 2 is 2.25 bits per heavy atom. The van der Waals surface area contributed by atoms with Crippen molar-refractivity contribution in [1.29, 1.82) is 0 Å². The normalized spacial score (nSPS) is 22.3. The first kappa shape index (κ1) is 11.9. The van der Waals surface area contributed by atoms with Crippen LogP contribution in [-0.4, -0.2) is 17.5 Å². The van der Waals surface area contributed by atoms with E-state index >= 15 is 0 Å². The maximum Gasteiger partial charge on any atom is 0.130 e. The highest BCUT2D eigenvalue weighted by Gasteiger charge is 2.19. The van der Waals surface area contributed by atoms with Gasteiger partial charge in [-0.2, -0.15) is 11.8 Å². The van der Waals surface area contributed by atoms with Crippen LogP contribution in [0.2, 0.25) is 0 Å². The number of hydrogen-bond acceptors (Lipinski definition) is 2. The zero-order valence-corrected chi connectivity index (χ0v) is 9.99. The predicted molar refractivity (Wildman–Crippen MR) is 63.6 cm³/mol. The molecule has 1 aromatic rings. The summed E-state index contributed by atoms with van der Waals surface area (Å²) in [5, 5.41) is 3.37. The van der Waals surface area contributed by atoms with Crippen molar-refractivity contribution in [2.75, 3.05) is 11.5 Å². The van der Waals surface area contributed by atoms with Gasteiger partial charge < -0.3 is 5.32 Å². The molecule has 1 heterocycles. The molecule has 0 saturated carbocycles. The maximum absolute atomic E-state index is 13.5. The van der Waals surface area contributed by atoms with E-state index in [1.54, 1.807) is 0 Å². The minimum absolute atomic E-state index is 0.0655. The molecule has 0 bridgehead atoms. The Morgan fingerprint density at radius 1 is 1.44 bits per heavy atom. The van der Waals surface area contributed by atoms with Gasteiger partial charge in [-0.05, 0) is 25.2 Å². The van der Waals surface area contributed by atoms with Crippen molar-refractivity contribution in [3.63, 3.8) is 0 Å². The minimum Gasteiger partial charge on any atom is -0.306 e. The van der Waals surface area contributed by atoms with Crippen LogP contribution < -0.4 is 5.32 Å². The van der Waals surface area contributed by atoms with Crippen LogP contribution in [0.5, 0.6) is 0 Å². The van der Waals surface area contributed by atoms with Gasteiger partial charge in [0.05, 0.1) is 0 Å². The summed E-state index contributed by atoms with van der Waals surface area (Å²) in [7, 11) is 0. The lowest BCUT2D eigenvalue weighted by atomic mass is 10.1. The number of benzene rings is 1. The molecular formula is C12H15F2NS. The Balaban J connectivity index is 2.04. The van der Waals surface area contributed by atoms with Gasteiger partial charge in [0.1, 0.15) is 11.6 Å². The number of halogens is 2. The summed E-state index contributed by atoms with van der Waals surface area (Å²) >= 11 is 1.91. The molecule has 0 amide bonds. The highest BCUT2D eigenvalue weighted by Crippen LogP contribution is 2.23. The van der Waals surface area contributed by atoms with Crippen LogP contribution in [0.25, 0.3) is 0 Å². The van der Waals surface area contributed by atoms with Gasteiger partial charge >= 0.3 is 0 Å². The Morgan fingerprint density at radius 3 is 2.88 bits per heavy atom. The minimum atomic E-state index is -0.523. The second-order valence-electron chi connectivity index (χ2n) is 4.11. The maximum atomic E-state index is 13.5. The van der Waals surface area contributed by atoms with Gasteiger partial charge in [0.2, 0.25) is 0 Å². The van der Waals surface area contributed by atoms with E-state index < -0.39 is 11.6 Å². The Labute approximate surface area is 98.6 Å². The second kappa shape index (κ2) is 5.15. The molecule has 2 atom stereocenters. The van der Waals surface area contributed by atoms with Crippen molar-refractivity contribution in [3.05, 3.63) is 35.4 Å². The number of rotatable bonds is 3. The Bertz CT molecular complexity index is 364. The average Bonchev–Trinajstić information content (AvgIpc) is 2.70. The fraction of sp³-hybridized carbons (Fsp3) is 0.500. The quantitative estimate of drug-likeness (QED) is 0.875. The number of hydrogen-bond donors (Lipinski definition) is 1. The molecule has 0 radical (unpaired) electrons. The summed E-state index contributed by atoms with van der Waals surface area (Å²) in [4.78, 5) is 0. The molecule has 1 aliphatic heterocycles. The topological polar surface area (TPSA) is 12.0 Å². The third-order valence-electron chi connectivity index (χ3n) is 2.84. The largest absolute Gasteiger partial charge is 0.306 e. The molecule has 4 heteroatoms. The van der Waals surface area contributed by atoms with E-state index in [1.165, 1.54) is 12.1 Å². The van der Waals surface area contributed by atoms with Crippen LogP contribution in [0.3, 0.4) is 0 Å². The molecule has 0 aromatic heterocycles. The third-order valence-corrected chi connectivity index (χ3v) is 4.01. The SMILES string of the molecule is CC(NC1CCSC1)c1ccc(F)cc1F. The van der Waals surface area contributed by atoms with E-state index in [1.807, 2.05) is 18.7 Å². The highest BCUT2D eigenvalue weighted by atomic mass is 32.2. The molecule has 1 N–H and O–H groups in total. The zero-order chi connectivity index (χ0) is 11.5. The van der Waals surface area contributed by atoms with Gasteiger partial charge in [-0.25, -0.2) is 8.78 Å². The van der Waals surface area contributed by atoms with E-state index in [0.717, 1.165) is 24.0 Å². The Hall–Kier alpha value is -0.610.